The van der Waals surface area contributed by atoms with Gasteiger partial charge in [0.2, 0.25) is 0 Å². The summed E-state index contributed by atoms with van der Waals surface area (Å²) in [5.41, 5.74) is 5.81. The van der Waals surface area contributed by atoms with Crippen molar-refractivity contribution >= 4 is 27.3 Å². The monoisotopic (exact) mass is 263 g/mol. The van der Waals surface area contributed by atoms with E-state index in [-0.39, 0.29) is 12.1 Å². The number of halogens is 1. The third-order valence-electron chi connectivity index (χ3n) is 1.99. The van der Waals surface area contributed by atoms with Gasteiger partial charge in [-0.25, -0.2) is 0 Å². The van der Waals surface area contributed by atoms with E-state index >= 15 is 0 Å². The molecule has 0 radical (unpaired) electrons. The summed E-state index contributed by atoms with van der Waals surface area (Å²) in [6, 6.07) is 4.04. The third kappa shape index (κ3) is 3.06. The van der Waals surface area contributed by atoms with E-state index in [1.165, 1.54) is 0 Å². The van der Waals surface area contributed by atoms with Crippen LogP contribution in [0.25, 0.3) is 0 Å². The topological polar surface area (TPSA) is 46.2 Å². The first-order valence-electron chi connectivity index (χ1n) is 4.22. The molecule has 13 heavy (non-hydrogen) atoms. The fraction of sp³-hybridized carbons (Fsp3) is 0.556. The Labute approximate surface area is 90.9 Å². The van der Waals surface area contributed by atoms with Crippen LogP contribution in [-0.4, -0.2) is 11.7 Å². The van der Waals surface area contributed by atoms with Crippen molar-refractivity contribution < 1.29 is 5.11 Å². The lowest BCUT2D eigenvalue weighted by Crippen LogP contribution is -2.32. The largest absolute Gasteiger partial charge is 0.396 e. The first kappa shape index (κ1) is 11.2. The van der Waals surface area contributed by atoms with Crippen molar-refractivity contribution in [2.24, 2.45) is 5.73 Å². The molecule has 0 amide bonds. The van der Waals surface area contributed by atoms with Gasteiger partial charge in [-0.1, -0.05) is 0 Å². The fourth-order valence-electron chi connectivity index (χ4n) is 1.19. The second kappa shape index (κ2) is 4.55. The molecule has 0 aromatic carbocycles. The predicted octanol–water partition coefficient (Wildman–Crippen LogP) is 2.46. The Kier molecular flexibility index (Phi) is 3.91. The van der Waals surface area contributed by atoms with Gasteiger partial charge in [0.1, 0.15) is 0 Å². The molecule has 1 rings (SSSR count). The fourth-order valence-corrected chi connectivity index (χ4v) is 2.66. The smallest absolute Gasteiger partial charge is 0.0702 e. The molecule has 3 N–H and O–H groups in total. The van der Waals surface area contributed by atoms with E-state index in [1.54, 1.807) is 11.3 Å². The highest BCUT2D eigenvalue weighted by molar-refractivity contribution is 9.11. The van der Waals surface area contributed by atoms with E-state index < -0.39 is 0 Å². The van der Waals surface area contributed by atoms with Crippen LogP contribution in [0.2, 0.25) is 0 Å². The summed E-state index contributed by atoms with van der Waals surface area (Å²) in [5, 5.41) is 8.72. The minimum absolute atomic E-state index is 0.208. The molecule has 1 aromatic heterocycles. The molecule has 0 bridgehead atoms. The van der Waals surface area contributed by atoms with E-state index in [9.17, 15) is 0 Å². The SMILES string of the molecule is CC(N)(CCCO)c1ccc(Br)s1. The first-order valence-corrected chi connectivity index (χ1v) is 5.83. The average molecular weight is 264 g/mol. The number of hydrogen-bond acceptors (Lipinski definition) is 3. The van der Waals surface area contributed by atoms with Gasteiger partial charge < -0.3 is 10.8 Å². The van der Waals surface area contributed by atoms with Gasteiger partial charge in [0, 0.05) is 17.0 Å². The van der Waals surface area contributed by atoms with Crippen LogP contribution >= 0.6 is 27.3 Å². The quantitative estimate of drug-likeness (QED) is 0.877. The summed E-state index contributed by atoms with van der Waals surface area (Å²) >= 11 is 5.06. The number of nitrogens with two attached hydrogens (primary N) is 1. The third-order valence-corrected chi connectivity index (χ3v) is 3.89. The standard InChI is InChI=1S/C9H14BrNOS/c1-9(11,5-2-6-12)7-3-4-8(10)13-7/h3-4,12H,2,5-6,11H2,1H3. The van der Waals surface area contributed by atoms with Crippen LogP contribution < -0.4 is 5.73 Å². The van der Waals surface area contributed by atoms with Crippen molar-refractivity contribution in [1.82, 2.24) is 0 Å². The molecule has 2 nitrogen and oxygen atoms in total. The Morgan fingerprint density at radius 2 is 2.31 bits per heavy atom. The summed E-state index contributed by atoms with van der Waals surface area (Å²) in [4.78, 5) is 1.16. The van der Waals surface area contributed by atoms with Crippen LogP contribution in [-0.2, 0) is 5.54 Å². The lowest BCUT2D eigenvalue weighted by atomic mass is 9.95. The summed E-state index contributed by atoms with van der Waals surface area (Å²) in [6.45, 7) is 2.21. The molecule has 0 saturated carbocycles. The molecule has 0 aliphatic carbocycles. The Hall–Kier alpha value is 0.1000. The van der Waals surface area contributed by atoms with Crippen molar-refractivity contribution in [2.45, 2.75) is 25.3 Å². The zero-order valence-electron chi connectivity index (χ0n) is 7.59. The highest BCUT2D eigenvalue weighted by atomic mass is 79.9. The minimum Gasteiger partial charge on any atom is -0.396 e. The van der Waals surface area contributed by atoms with Crippen molar-refractivity contribution in [3.63, 3.8) is 0 Å². The van der Waals surface area contributed by atoms with Gasteiger partial charge in [-0.2, -0.15) is 0 Å². The Morgan fingerprint density at radius 3 is 2.77 bits per heavy atom. The zero-order chi connectivity index (χ0) is 9.90. The average Bonchev–Trinajstić information content (AvgIpc) is 2.49. The van der Waals surface area contributed by atoms with Crippen molar-refractivity contribution in [3.05, 3.63) is 20.8 Å². The normalized spacial score (nSPS) is 15.7. The molecule has 1 heterocycles. The molecule has 0 aliphatic rings. The molecule has 74 valence electrons. The number of rotatable bonds is 4. The van der Waals surface area contributed by atoms with Crippen LogP contribution in [0.1, 0.15) is 24.6 Å². The van der Waals surface area contributed by atoms with Gasteiger partial charge in [-0.05, 0) is 47.8 Å². The Bertz CT molecular complexity index is 272. The van der Waals surface area contributed by atoms with Gasteiger partial charge in [-0.3, -0.25) is 0 Å². The summed E-state index contributed by atoms with van der Waals surface area (Å²) < 4.78 is 1.10. The Balaban J connectivity index is 2.68. The molecule has 0 fully saturated rings. The molecule has 0 saturated heterocycles. The minimum atomic E-state index is -0.306. The number of aliphatic hydroxyl groups excluding tert-OH is 1. The molecule has 1 atom stereocenters. The maximum Gasteiger partial charge on any atom is 0.0702 e. The summed E-state index contributed by atoms with van der Waals surface area (Å²) in [5.74, 6) is 0. The van der Waals surface area contributed by atoms with Gasteiger partial charge in [0.05, 0.1) is 3.79 Å². The molecule has 1 aromatic rings. The highest BCUT2D eigenvalue weighted by Crippen LogP contribution is 2.32. The molecular weight excluding hydrogens is 250 g/mol. The second-order valence-corrected chi connectivity index (χ2v) is 5.81. The molecule has 4 heteroatoms. The zero-order valence-corrected chi connectivity index (χ0v) is 9.99. The molecular formula is C9H14BrNOS. The molecule has 0 aliphatic heterocycles. The number of aliphatic hydroxyl groups is 1. The predicted molar refractivity (Wildman–Crippen MR) is 59.9 cm³/mol. The van der Waals surface area contributed by atoms with Crippen LogP contribution in [0, 0.1) is 0 Å². The van der Waals surface area contributed by atoms with E-state index in [0.717, 1.165) is 21.5 Å². The van der Waals surface area contributed by atoms with E-state index in [1.807, 2.05) is 19.1 Å². The van der Waals surface area contributed by atoms with Crippen LogP contribution in [0.5, 0.6) is 0 Å². The van der Waals surface area contributed by atoms with Gasteiger partial charge in [0.25, 0.3) is 0 Å². The van der Waals surface area contributed by atoms with Crippen molar-refractivity contribution in [1.29, 1.82) is 0 Å². The van der Waals surface area contributed by atoms with Crippen LogP contribution in [0.4, 0.5) is 0 Å². The van der Waals surface area contributed by atoms with E-state index in [4.69, 9.17) is 10.8 Å². The van der Waals surface area contributed by atoms with E-state index in [2.05, 4.69) is 15.9 Å². The maximum absolute atomic E-state index is 8.72. The van der Waals surface area contributed by atoms with Crippen molar-refractivity contribution in [2.75, 3.05) is 6.61 Å². The van der Waals surface area contributed by atoms with Crippen LogP contribution in [0.3, 0.4) is 0 Å². The van der Waals surface area contributed by atoms with Gasteiger partial charge in [-0.15, -0.1) is 11.3 Å². The molecule has 1 unspecified atom stereocenters. The van der Waals surface area contributed by atoms with Gasteiger partial charge in [0.15, 0.2) is 0 Å². The summed E-state index contributed by atoms with van der Waals surface area (Å²) in [7, 11) is 0. The molecule has 0 spiro atoms. The first-order chi connectivity index (χ1) is 6.06. The number of hydrogen-bond donors (Lipinski definition) is 2. The highest BCUT2D eigenvalue weighted by Gasteiger charge is 2.22. The maximum atomic E-state index is 8.72. The summed E-state index contributed by atoms with van der Waals surface area (Å²) in [6.07, 6.45) is 1.57. The van der Waals surface area contributed by atoms with E-state index in [0.29, 0.717) is 0 Å². The lowest BCUT2D eigenvalue weighted by Gasteiger charge is -2.22. The lowest BCUT2D eigenvalue weighted by molar-refractivity contribution is 0.266. The second-order valence-electron chi connectivity index (χ2n) is 3.35. The van der Waals surface area contributed by atoms with Gasteiger partial charge >= 0.3 is 0 Å². The Morgan fingerprint density at radius 1 is 1.62 bits per heavy atom. The number of thiophene rings is 1. The van der Waals surface area contributed by atoms with Crippen molar-refractivity contribution in [3.8, 4) is 0 Å². The van der Waals surface area contributed by atoms with Crippen LogP contribution in [0.15, 0.2) is 15.9 Å².